The normalized spacial score (nSPS) is 11.1. The number of benzene rings is 4. The van der Waals surface area contributed by atoms with Crippen molar-refractivity contribution < 1.29 is 14.4 Å². The van der Waals surface area contributed by atoms with E-state index in [0.717, 1.165) is 11.1 Å². The van der Waals surface area contributed by atoms with Crippen molar-refractivity contribution in [2.24, 2.45) is 5.10 Å². The van der Waals surface area contributed by atoms with Gasteiger partial charge in [0.25, 0.3) is 11.2 Å². The van der Waals surface area contributed by atoms with E-state index in [1.165, 1.54) is 30.1 Å². The highest BCUT2D eigenvalue weighted by atomic mass is 35.5. The third-order valence-corrected chi connectivity index (χ3v) is 6.17. The number of para-hydroxylation sites is 1. The van der Waals surface area contributed by atoms with Crippen molar-refractivity contribution in [1.82, 2.24) is 9.66 Å². The number of halogens is 1. The molecule has 4 aromatic carbocycles. The summed E-state index contributed by atoms with van der Waals surface area (Å²) in [5.74, 6) is 1.07. The van der Waals surface area contributed by atoms with Gasteiger partial charge in [-0.1, -0.05) is 54.1 Å². The second kappa shape index (κ2) is 11.2. The number of hydrogen-bond acceptors (Lipinski definition) is 7. The minimum atomic E-state index is -0.463. The molecular formula is C29H21ClN4O5. The number of nitro benzene ring substituents is 1. The molecule has 5 aromatic rings. The Labute approximate surface area is 227 Å². The fourth-order valence-electron chi connectivity index (χ4n) is 3.95. The highest BCUT2D eigenvalue weighted by Crippen LogP contribution is 2.36. The Bertz CT molecular complexity index is 1750. The Morgan fingerprint density at radius 2 is 1.74 bits per heavy atom. The van der Waals surface area contributed by atoms with Gasteiger partial charge in [-0.2, -0.15) is 9.78 Å². The second-order valence-electron chi connectivity index (χ2n) is 8.43. The van der Waals surface area contributed by atoms with Crippen LogP contribution in [0.1, 0.15) is 11.1 Å². The zero-order valence-corrected chi connectivity index (χ0v) is 21.4. The van der Waals surface area contributed by atoms with Crippen LogP contribution in [0.15, 0.2) is 101 Å². The molecule has 0 unspecified atom stereocenters. The summed E-state index contributed by atoms with van der Waals surface area (Å²) in [6.07, 6.45) is 1.50. The molecule has 0 fully saturated rings. The van der Waals surface area contributed by atoms with Crippen LogP contribution in [0.5, 0.6) is 11.5 Å². The molecule has 0 saturated carbocycles. The van der Waals surface area contributed by atoms with Crippen molar-refractivity contribution in [3.8, 4) is 22.9 Å². The molecule has 0 atom stereocenters. The molecule has 194 valence electrons. The zero-order chi connectivity index (χ0) is 27.4. The van der Waals surface area contributed by atoms with E-state index in [2.05, 4.69) is 5.10 Å². The second-order valence-corrected chi connectivity index (χ2v) is 8.83. The van der Waals surface area contributed by atoms with Gasteiger partial charge in [0.2, 0.25) is 0 Å². The minimum Gasteiger partial charge on any atom is -0.493 e. The van der Waals surface area contributed by atoms with Crippen molar-refractivity contribution in [2.75, 3.05) is 7.11 Å². The molecule has 5 rings (SSSR count). The molecule has 0 bridgehead atoms. The number of aromatic nitrogens is 2. The number of fused-ring (bicyclic) bond motifs is 1. The predicted molar refractivity (Wildman–Crippen MR) is 150 cm³/mol. The van der Waals surface area contributed by atoms with Crippen LogP contribution in [-0.4, -0.2) is 27.9 Å². The van der Waals surface area contributed by atoms with Gasteiger partial charge in [0.1, 0.15) is 6.61 Å². The highest BCUT2D eigenvalue weighted by Gasteiger charge is 2.15. The molecule has 39 heavy (non-hydrogen) atoms. The van der Waals surface area contributed by atoms with E-state index in [0.29, 0.717) is 33.8 Å². The molecule has 0 saturated heterocycles. The lowest BCUT2D eigenvalue weighted by molar-refractivity contribution is -0.384. The third-order valence-electron chi connectivity index (χ3n) is 5.89. The Balaban J connectivity index is 1.47. The molecule has 0 aliphatic heterocycles. The Hall–Kier alpha value is -5.02. The zero-order valence-electron chi connectivity index (χ0n) is 20.7. The Kier molecular flexibility index (Phi) is 7.33. The van der Waals surface area contributed by atoms with Crippen molar-refractivity contribution in [3.63, 3.8) is 0 Å². The fourth-order valence-corrected chi connectivity index (χ4v) is 4.23. The minimum absolute atomic E-state index is 0.00542. The number of non-ortho nitro benzene ring substituents is 1. The number of nitro groups is 1. The largest absolute Gasteiger partial charge is 0.493 e. The maximum absolute atomic E-state index is 13.4. The number of ether oxygens (including phenoxy) is 2. The van der Waals surface area contributed by atoms with Gasteiger partial charge in [-0.05, 0) is 47.5 Å². The topological polar surface area (TPSA) is 109 Å². The first-order valence-electron chi connectivity index (χ1n) is 11.8. The molecular weight excluding hydrogens is 520 g/mol. The van der Waals surface area contributed by atoms with E-state index in [1.807, 2.05) is 36.4 Å². The van der Waals surface area contributed by atoms with Crippen LogP contribution in [0.4, 0.5) is 5.69 Å². The van der Waals surface area contributed by atoms with Gasteiger partial charge in [0, 0.05) is 17.7 Å². The van der Waals surface area contributed by atoms with Crippen molar-refractivity contribution >= 4 is 34.4 Å². The standard InChI is InChI=1S/C29H21ClN4O5/c1-38-26-16-20(15-24(30)27(26)39-18-19-11-13-22(14-12-19)34(36)37)17-31-33-28(21-7-3-2-4-8-21)32-25-10-6-5-9-23(25)29(33)35/h2-17H,18H2,1H3. The third kappa shape index (κ3) is 5.48. The van der Waals surface area contributed by atoms with Crippen molar-refractivity contribution in [3.05, 3.63) is 128 Å². The first-order valence-corrected chi connectivity index (χ1v) is 12.2. The molecule has 0 aliphatic rings. The summed E-state index contributed by atoms with van der Waals surface area (Å²) >= 11 is 6.53. The summed E-state index contributed by atoms with van der Waals surface area (Å²) in [4.78, 5) is 28.5. The van der Waals surface area contributed by atoms with Gasteiger partial charge in [0.15, 0.2) is 17.3 Å². The summed E-state index contributed by atoms with van der Waals surface area (Å²) in [7, 11) is 1.48. The number of rotatable bonds is 8. The molecule has 0 radical (unpaired) electrons. The summed E-state index contributed by atoms with van der Waals surface area (Å²) in [6, 6.07) is 25.8. The smallest absolute Gasteiger partial charge is 0.282 e. The van der Waals surface area contributed by atoms with Gasteiger partial charge in [-0.3, -0.25) is 14.9 Å². The van der Waals surface area contributed by atoms with Gasteiger partial charge >= 0.3 is 0 Å². The molecule has 0 spiro atoms. The molecule has 1 heterocycles. The summed E-state index contributed by atoms with van der Waals surface area (Å²) < 4.78 is 12.6. The van der Waals surface area contributed by atoms with Crippen LogP contribution in [0, 0.1) is 10.1 Å². The molecule has 9 nitrogen and oxygen atoms in total. The van der Waals surface area contributed by atoms with Crippen LogP contribution in [0.25, 0.3) is 22.3 Å². The van der Waals surface area contributed by atoms with E-state index < -0.39 is 4.92 Å². The molecule has 0 aliphatic carbocycles. The van der Waals surface area contributed by atoms with Gasteiger partial charge in [-0.25, -0.2) is 4.98 Å². The van der Waals surface area contributed by atoms with Crippen LogP contribution in [0.2, 0.25) is 5.02 Å². The molecule has 1 aromatic heterocycles. The average Bonchev–Trinajstić information content (AvgIpc) is 2.96. The average molecular weight is 541 g/mol. The Morgan fingerprint density at radius 1 is 1.03 bits per heavy atom. The SMILES string of the molecule is COc1cc(C=Nn2c(-c3ccccc3)nc3ccccc3c2=O)cc(Cl)c1OCc1ccc([N+](=O)[O-])cc1. The maximum atomic E-state index is 13.4. The molecule has 10 heteroatoms. The van der Waals surface area contributed by atoms with Crippen LogP contribution < -0.4 is 15.0 Å². The Morgan fingerprint density at radius 3 is 2.46 bits per heavy atom. The number of methoxy groups -OCH3 is 1. The quantitative estimate of drug-likeness (QED) is 0.134. The fraction of sp³-hybridized carbons (Fsp3) is 0.0690. The van der Waals surface area contributed by atoms with Gasteiger partial charge in [-0.15, -0.1) is 0 Å². The highest BCUT2D eigenvalue weighted by molar-refractivity contribution is 6.32. The lowest BCUT2D eigenvalue weighted by Crippen LogP contribution is -2.20. The number of nitrogens with zero attached hydrogens (tertiary/aromatic N) is 4. The van der Waals surface area contributed by atoms with Crippen LogP contribution in [0.3, 0.4) is 0 Å². The lowest BCUT2D eigenvalue weighted by atomic mass is 10.2. The van der Waals surface area contributed by atoms with E-state index >= 15 is 0 Å². The first-order chi connectivity index (χ1) is 18.9. The van der Waals surface area contributed by atoms with Crippen molar-refractivity contribution in [1.29, 1.82) is 0 Å². The van der Waals surface area contributed by atoms with Gasteiger partial charge < -0.3 is 9.47 Å². The monoisotopic (exact) mass is 540 g/mol. The molecule has 0 N–H and O–H groups in total. The summed E-state index contributed by atoms with van der Waals surface area (Å²) in [5.41, 5.74) is 2.29. The van der Waals surface area contributed by atoms with E-state index in [1.54, 1.807) is 42.5 Å². The van der Waals surface area contributed by atoms with E-state index in [9.17, 15) is 14.9 Å². The van der Waals surface area contributed by atoms with E-state index in [4.69, 9.17) is 26.1 Å². The van der Waals surface area contributed by atoms with E-state index in [-0.39, 0.29) is 22.9 Å². The summed E-state index contributed by atoms with van der Waals surface area (Å²) in [5, 5.41) is 16.1. The summed E-state index contributed by atoms with van der Waals surface area (Å²) in [6.45, 7) is 0.125. The van der Waals surface area contributed by atoms with Crippen LogP contribution in [-0.2, 0) is 6.61 Å². The number of hydrogen-bond donors (Lipinski definition) is 0. The predicted octanol–water partition coefficient (Wildman–Crippen LogP) is 6.09. The van der Waals surface area contributed by atoms with Gasteiger partial charge in [0.05, 0.1) is 34.2 Å². The maximum Gasteiger partial charge on any atom is 0.282 e. The van der Waals surface area contributed by atoms with Crippen molar-refractivity contribution in [2.45, 2.75) is 6.61 Å². The lowest BCUT2D eigenvalue weighted by Gasteiger charge is -2.13. The molecule has 0 amide bonds. The first kappa shape index (κ1) is 25.6. The van der Waals surface area contributed by atoms with Crippen LogP contribution >= 0.6 is 11.6 Å².